The third-order valence-corrected chi connectivity index (χ3v) is 4.43. The van der Waals surface area contributed by atoms with Gasteiger partial charge in [0.1, 0.15) is 11.3 Å². The zero-order valence-corrected chi connectivity index (χ0v) is 15.7. The Morgan fingerprint density at radius 2 is 1.88 bits per heavy atom. The number of hydrogen-bond donors (Lipinski definition) is 0. The molecule has 2 heterocycles. The SMILES string of the molecule is Cc1ccc2occ(CN(CCCN(C)C)Cc3ccco3)c(=O)c2c1. The summed E-state index contributed by atoms with van der Waals surface area (Å²) in [5.41, 5.74) is 2.42. The summed E-state index contributed by atoms with van der Waals surface area (Å²) in [4.78, 5) is 17.3. The third kappa shape index (κ3) is 4.62. The number of furan rings is 1. The van der Waals surface area contributed by atoms with Gasteiger partial charge >= 0.3 is 0 Å². The molecule has 0 saturated carbocycles. The minimum Gasteiger partial charge on any atom is -0.468 e. The van der Waals surface area contributed by atoms with Gasteiger partial charge in [0.25, 0.3) is 0 Å². The van der Waals surface area contributed by atoms with Gasteiger partial charge < -0.3 is 13.7 Å². The molecule has 5 nitrogen and oxygen atoms in total. The molecular weight excluding hydrogens is 328 g/mol. The van der Waals surface area contributed by atoms with E-state index < -0.39 is 0 Å². The molecule has 0 unspecified atom stereocenters. The van der Waals surface area contributed by atoms with Gasteiger partial charge in [-0.3, -0.25) is 9.69 Å². The summed E-state index contributed by atoms with van der Waals surface area (Å²) in [6.45, 7) is 5.08. The minimum absolute atomic E-state index is 0.0482. The summed E-state index contributed by atoms with van der Waals surface area (Å²) in [7, 11) is 4.13. The first kappa shape index (κ1) is 18.4. The van der Waals surface area contributed by atoms with Crippen molar-refractivity contribution in [2.45, 2.75) is 26.4 Å². The summed E-state index contributed by atoms with van der Waals surface area (Å²) in [5.74, 6) is 0.899. The lowest BCUT2D eigenvalue weighted by Gasteiger charge is -2.22. The van der Waals surface area contributed by atoms with Crippen molar-refractivity contribution in [2.24, 2.45) is 0 Å². The molecule has 0 fully saturated rings. The highest BCUT2D eigenvalue weighted by atomic mass is 16.3. The molecule has 0 atom stereocenters. The maximum atomic E-state index is 12.9. The molecule has 5 heteroatoms. The van der Waals surface area contributed by atoms with Gasteiger partial charge in [0.05, 0.1) is 24.5 Å². The topological polar surface area (TPSA) is 49.8 Å². The number of hydrogen-bond acceptors (Lipinski definition) is 5. The van der Waals surface area contributed by atoms with E-state index in [1.807, 2.05) is 37.3 Å². The standard InChI is InChI=1S/C21H26N2O3/c1-16-7-8-20-19(12-16)21(24)17(15-26-20)13-23(10-5-9-22(2)3)14-18-6-4-11-25-18/h4,6-8,11-12,15H,5,9-10,13-14H2,1-3H3. The minimum atomic E-state index is 0.0482. The molecule has 0 N–H and O–H groups in total. The van der Waals surface area contributed by atoms with Gasteiger partial charge in [0.15, 0.2) is 5.43 Å². The molecule has 0 saturated heterocycles. The quantitative estimate of drug-likeness (QED) is 0.618. The highest BCUT2D eigenvalue weighted by molar-refractivity contribution is 5.77. The van der Waals surface area contributed by atoms with Crippen LogP contribution in [0.2, 0.25) is 0 Å². The van der Waals surface area contributed by atoms with Gasteiger partial charge in [-0.2, -0.15) is 0 Å². The molecule has 0 amide bonds. The van der Waals surface area contributed by atoms with E-state index in [-0.39, 0.29) is 5.43 Å². The van der Waals surface area contributed by atoms with Crippen molar-refractivity contribution in [1.82, 2.24) is 9.80 Å². The van der Waals surface area contributed by atoms with E-state index in [9.17, 15) is 4.79 Å². The van der Waals surface area contributed by atoms with E-state index in [4.69, 9.17) is 8.83 Å². The van der Waals surface area contributed by atoms with Crippen molar-refractivity contribution in [3.05, 3.63) is 70.0 Å². The first-order valence-electron chi connectivity index (χ1n) is 8.93. The van der Waals surface area contributed by atoms with Crippen molar-refractivity contribution in [1.29, 1.82) is 0 Å². The number of aryl methyl sites for hydroxylation is 1. The molecule has 26 heavy (non-hydrogen) atoms. The second-order valence-corrected chi connectivity index (χ2v) is 7.04. The second-order valence-electron chi connectivity index (χ2n) is 7.04. The molecule has 0 spiro atoms. The number of nitrogens with zero attached hydrogens (tertiary/aromatic N) is 2. The summed E-state index contributed by atoms with van der Waals surface area (Å²) >= 11 is 0. The Bertz CT molecular complexity index is 897. The molecule has 0 aliphatic rings. The lowest BCUT2D eigenvalue weighted by Crippen LogP contribution is -2.28. The average molecular weight is 354 g/mol. The van der Waals surface area contributed by atoms with Crippen LogP contribution in [0.3, 0.4) is 0 Å². The van der Waals surface area contributed by atoms with Crippen LogP contribution in [0, 0.1) is 6.92 Å². The zero-order valence-electron chi connectivity index (χ0n) is 15.7. The summed E-state index contributed by atoms with van der Waals surface area (Å²) in [5, 5.41) is 0.647. The van der Waals surface area contributed by atoms with Crippen molar-refractivity contribution in [3.63, 3.8) is 0 Å². The van der Waals surface area contributed by atoms with Crippen LogP contribution in [-0.2, 0) is 13.1 Å². The van der Waals surface area contributed by atoms with Gasteiger partial charge in [0, 0.05) is 18.7 Å². The Morgan fingerprint density at radius 3 is 2.62 bits per heavy atom. The predicted molar refractivity (Wildman–Crippen MR) is 103 cm³/mol. The van der Waals surface area contributed by atoms with Crippen LogP contribution < -0.4 is 5.43 Å². The highest BCUT2D eigenvalue weighted by Gasteiger charge is 2.14. The Hall–Kier alpha value is -2.37. The molecule has 0 radical (unpaired) electrons. The third-order valence-electron chi connectivity index (χ3n) is 4.43. The van der Waals surface area contributed by atoms with Crippen molar-refractivity contribution >= 4 is 11.0 Å². The lowest BCUT2D eigenvalue weighted by molar-refractivity contribution is 0.220. The molecule has 0 bridgehead atoms. The van der Waals surface area contributed by atoms with Crippen LogP contribution in [0.15, 0.2) is 56.5 Å². The van der Waals surface area contributed by atoms with Crippen LogP contribution in [-0.4, -0.2) is 37.0 Å². The Kier molecular flexibility index (Phi) is 5.91. The molecule has 2 aromatic heterocycles. The monoisotopic (exact) mass is 354 g/mol. The van der Waals surface area contributed by atoms with Crippen LogP contribution in [0.5, 0.6) is 0 Å². The molecule has 3 aromatic rings. The highest BCUT2D eigenvalue weighted by Crippen LogP contribution is 2.15. The molecule has 3 rings (SSSR count). The maximum absolute atomic E-state index is 12.9. The fraction of sp³-hybridized carbons (Fsp3) is 0.381. The van der Waals surface area contributed by atoms with Crippen molar-refractivity contribution in [3.8, 4) is 0 Å². The van der Waals surface area contributed by atoms with Gasteiger partial charge in [-0.1, -0.05) is 11.6 Å². The Morgan fingerprint density at radius 1 is 1.04 bits per heavy atom. The Balaban J connectivity index is 1.81. The number of fused-ring (bicyclic) bond motifs is 1. The zero-order chi connectivity index (χ0) is 18.5. The van der Waals surface area contributed by atoms with Gasteiger partial charge in [0.2, 0.25) is 0 Å². The number of benzene rings is 1. The first-order chi connectivity index (χ1) is 12.5. The first-order valence-corrected chi connectivity index (χ1v) is 8.93. The molecule has 0 aliphatic heterocycles. The lowest BCUT2D eigenvalue weighted by atomic mass is 10.1. The smallest absolute Gasteiger partial charge is 0.197 e. The summed E-state index contributed by atoms with van der Waals surface area (Å²) < 4.78 is 11.2. The van der Waals surface area contributed by atoms with E-state index in [0.29, 0.717) is 29.6 Å². The molecule has 138 valence electrons. The average Bonchev–Trinajstić information content (AvgIpc) is 3.10. The van der Waals surface area contributed by atoms with Crippen molar-refractivity contribution in [2.75, 3.05) is 27.2 Å². The largest absolute Gasteiger partial charge is 0.468 e. The van der Waals surface area contributed by atoms with E-state index >= 15 is 0 Å². The van der Waals surface area contributed by atoms with Crippen LogP contribution >= 0.6 is 0 Å². The molecule has 0 aliphatic carbocycles. The van der Waals surface area contributed by atoms with Gasteiger partial charge in [-0.25, -0.2) is 0 Å². The van der Waals surface area contributed by atoms with E-state index in [1.165, 1.54) is 0 Å². The van der Waals surface area contributed by atoms with E-state index in [2.05, 4.69) is 23.9 Å². The maximum Gasteiger partial charge on any atom is 0.197 e. The fourth-order valence-electron chi connectivity index (χ4n) is 3.08. The summed E-state index contributed by atoms with van der Waals surface area (Å²) in [6.07, 6.45) is 4.30. The predicted octanol–water partition coefficient (Wildman–Crippen LogP) is 3.65. The van der Waals surface area contributed by atoms with Crippen LogP contribution in [0.4, 0.5) is 0 Å². The number of rotatable bonds is 8. The fourth-order valence-corrected chi connectivity index (χ4v) is 3.08. The van der Waals surface area contributed by atoms with E-state index in [0.717, 1.165) is 30.8 Å². The Labute approximate surface area is 153 Å². The van der Waals surface area contributed by atoms with Crippen molar-refractivity contribution < 1.29 is 8.83 Å². The van der Waals surface area contributed by atoms with Crippen LogP contribution in [0.1, 0.15) is 23.3 Å². The summed E-state index contributed by atoms with van der Waals surface area (Å²) in [6, 6.07) is 9.56. The normalized spacial score (nSPS) is 11.7. The van der Waals surface area contributed by atoms with Crippen LogP contribution in [0.25, 0.3) is 11.0 Å². The van der Waals surface area contributed by atoms with Gasteiger partial charge in [-0.05, 0) is 58.3 Å². The second kappa shape index (κ2) is 8.34. The van der Waals surface area contributed by atoms with E-state index in [1.54, 1.807) is 12.5 Å². The molecular formula is C21H26N2O3. The molecule has 1 aromatic carbocycles. The van der Waals surface area contributed by atoms with Gasteiger partial charge in [-0.15, -0.1) is 0 Å².